The summed E-state index contributed by atoms with van der Waals surface area (Å²) in [4.78, 5) is 34.8. The Morgan fingerprint density at radius 3 is 2.46 bits per heavy atom. The van der Waals surface area contributed by atoms with Gasteiger partial charge in [-0.05, 0) is 36.8 Å². The fourth-order valence-electron chi connectivity index (χ4n) is 2.24. The van der Waals surface area contributed by atoms with Crippen LogP contribution in [0.25, 0.3) is 0 Å². The second kappa shape index (κ2) is 9.56. The van der Waals surface area contributed by atoms with Crippen LogP contribution in [0.5, 0.6) is 11.5 Å². The maximum atomic E-state index is 12.3. The SMILES string of the molecule is CCCOc1ccc(C(=O)NNC(=O)c2ccc(Cl)cc2[N+](=O)[O-])cc1OC. The van der Waals surface area contributed by atoms with Crippen LogP contribution in [0.15, 0.2) is 36.4 Å². The highest BCUT2D eigenvalue weighted by molar-refractivity contribution is 6.31. The number of ether oxygens (including phenoxy) is 2. The van der Waals surface area contributed by atoms with Crippen molar-refractivity contribution in [3.63, 3.8) is 0 Å². The van der Waals surface area contributed by atoms with Crippen molar-refractivity contribution in [2.24, 2.45) is 0 Å². The molecule has 148 valence electrons. The first-order valence-electron chi connectivity index (χ1n) is 8.22. The Bertz CT molecular complexity index is 903. The van der Waals surface area contributed by atoms with E-state index in [0.717, 1.165) is 12.5 Å². The highest BCUT2D eigenvalue weighted by Crippen LogP contribution is 2.28. The molecule has 0 aliphatic heterocycles. The Morgan fingerprint density at radius 2 is 1.82 bits per heavy atom. The smallest absolute Gasteiger partial charge is 0.283 e. The van der Waals surface area contributed by atoms with Crippen molar-refractivity contribution in [1.29, 1.82) is 0 Å². The number of halogens is 1. The third-order valence-electron chi connectivity index (χ3n) is 3.58. The molecule has 0 saturated carbocycles. The summed E-state index contributed by atoms with van der Waals surface area (Å²) in [7, 11) is 1.44. The number of carbonyl (C=O) groups excluding carboxylic acids is 2. The molecule has 0 bridgehead atoms. The van der Waals surface area contributed by atoms with E-state index in [1.54, 1.807) is 6.07 Å². The molecule has 10 heteroatoms. The summed E-state index contributed by atoms with van der Waals surface area (Å²) in [5.41, 5.74) is 3.83. The van der Waals surface area contributed by atoms with Crippen molar-refractivity contribution in [1.82, 2.24) is 10.9 Å². The Balaban J connectivity index is 2.10. The normalized spacial score (nSPS) is 10.1. The van der Waals surface area contributed by atoms with Crippen LogP contribution < -0.4 is 20.3 Å². The van der Waals surface area contributed by atoms with Gasteiger partial charge in [-0.25, -0.2) is 0 Å². The number of amides is 2. The van der Waals surface area contributed by atoms with Crippen LogP contribution in [-0.4, -0.2) is 30.5 Å². The molecular weight excluding hydrogens is 390 g/mol. The van der Waals surface area contributed by atoms with Crippen LogP contribution in [0.4, 0.5) is 5.69 Å². The van der Waals surface area contributed by atoms with Gasteiger partial charge in [0.25, 0.3) is 17.5 Å². The highest BCUT2D eigenvalue weighted by atomic mass is 35.5. The van der Waals surface area contributed by atoms with E-state index in [-0.39, 0.29) is 16.1 Å². The number of rotatable bonds is 7. The van der Waals surface area contributed by atoms with E-state index in [2.05, 4.69) is 10.9 Å². The Kier molecular flexibility index (Phi) is 7.16. The number of nitro groups is 1. The minimum absolute atomic E-state index is 0.116. The number of nitrogens with one attached hydrogen (secondary N) is 2. The van der Waals surface area contributed by atoms with Crippen LogP contribution in [0.1, 0.15) is 34.1 Å². The van der Waals surface area contributed by atoms with E-state index in [1.165, 1.54) is 31.4 Å². The lowest BCUT2D eigenvalue weighted by atomic mass is 10.1. The van der Waals surface area contributed by atoms with Crippen LogP contribution >= 0.6 is 11.6 Å². The number of methoxy groups -OCH3 is 1. The van der Waals surface area contributed by atoms with Crippen molar-refractivity contribution in [2.45, 2.75) is 13.3 Å². The molecule has 0 unspecified atom stereocenters. The molecule has 2 aromatic rings. The molecule has 2 N–H and O–H groups in total. The molecule has 28 heavy (non-hydrogen) atoms. The molecule has 0 fully saturated rings. The van der Waals surface area contributed by atoms with Crippen molar-refractivity contribution in [3.05, 3.63) is 62.7 Å². The number of hydrogen-bond acceptors (Lipinski definition) is 6. The van der Waals surface area contributed by atoms with Gasteiger partial charge in [-0.2, -0.15) is 0 Å². The molecule has 2 amide bonds. The summed E-state index contributed by atoms with van der Waals surface area (Å²) in [5.74, 6) is -0.639. The Labute approximate surface area is 165 Å². The zero-order chi connectivity index (χ0) is 20.7. The lowest BCUT2D eigenvalue weighted by Crippen LogP contribution is -2.41. The largest absolute Gasteiger partial charge is 0.493 e. The number of nitro benzene ring substituents is 1. The van der Waals surface area contributed by atoms with Crippen molar-refractivity contribution < 1.29 is 24.0 Å². The second-order valence-electron chi connectivity index (χ2n) is 5.54. The zero-order valence-corrected chi connectivity index (χ0v) is 15.9. The molecule has 2 aromatic carbocycles. The number of benzene rings is 2. The fraction of sp³-hybridized carbons (Fsp3) is 0.222. The second-order valence-corrected chi connectivity index (χ2v) is 5.98. The van der Waals surface area contributed by atoms with Crippen LogP contribution in [0, 0.1) is 10.1 Å². The van der Waals surface area contributed by atoms with Crippen molar-refractivity contribution >= 4 is 29.1 Å². The molecule has 0 aliphatic rings. The first-order valence-corrected chi connectivity index (χ1v) is 8.60. The van der Waals surface area contributed by atoms with Gasteiger partial charge in [-0.1, -0.05) is 18.5 Å². The average Bonchev–Trinajstić information content (AvgIpc) is 2.69. The quantitative estimate of drug-likeness (QED) is 0.537. The molecule has 0 heterocycles. The van der Waals surface area contributed by atoms with Gasteiger partial charge in [-0.15, -0.1) is 0 Å². The van der Waals surface area contributed by atoms with Gasteiger partial charge in [0, 0.05) is 16.7 Å². The van der Waals surface area contributed by atoms with Gasteiger partial charge in [0.05, 0.1) is 18.6 Å². The summed E-state index contributed by atoms with van der Waals surface area (Å²) in [5, 5.41) is 11.2. The molecule has 0 spiro atoms. The third-order valence-corrected chi connectivity index (χ3v) is 3.81. The third kappa shape index (κ3) is 5.10. The van der Waals surface area contributed by atoms with Gasteiger partial charge < -0.3 is 9.47 Å². The monoisotopic (exact) mass is 407 g/mol. The van der Waals surface area contributed by atoms with Gasteiger partial charge in [-0.3, -0.25) is 30.6 Å². The predicted octanol–water partition coefficient (Wildman–Crippen LogP) is 3.12. The number of nitrogens with zero attached hydrogens (tertiary/aromatic N) is 1. The first-order chi connectivity index (χ1) is 13.4. The molecule has 2 rings (SSSR count). The zero-order valence-electron chi connectivity index (χ0n) is 15.2. The van der Waals surface area contributed by atoms with Crippen molar-refractivity contribution in [3.8, 4) is 11.5 Å². The van der Waals surface area contributed by atoms with E-state index in [0.29, 0.717) is 18.1 Å². The van der Waals surface area contributed by atoms with E-state index < -0.39 is 22.4 Å². The summed E-state index contributed by atoms with van der Waals surface area (Å²) < 4.78 is 10.7. The van der Waals surface area contributed by atoms with Crippen molar-refractivity contribution in [2.75, 3.05) is 13.7 Å². The van der Waals surface area contributed by atoms with Gasteiger partial charge >= 0.3 is 0 Å². The van der Waals surface area contributed by atoms with Crippen LogP contribution in [-0.2, 0) is 0 Å². The number of hydrazine groups is 1. The lowest BCUT2D eigenvalue weighted by molar-refractivity contribution is -0.385. The predicted molar refractivity (Wildman–Crippen MR) is 102 cm³/mol. The van der Waals surface area contributed by atoms with E-state index in [1.807, 2.05) is 6.92 Å². The van der Waals surface area contributed by atoms with Gasteiger partial charge in [0.2, 0.25) is 0 Å². The average molecular weight is 408 g/mol. The Hall–Kier alpha value is -3.33. The molecule has 0 aliphatic carbocycles. The minimum atomic E-state index is -0.855. The molecule has 0 atom stereocenters. The van der Waals surface area contributed by atoms with E-state index in [9.17, 15) is 19.7 Å². The summed E-state index contributed by atoms with van der Waals surface area (Å²) in [6.45, 7) is 2.46. The molecule has 0 radical (unpaired) electrons. The number of hydrogen-bond donors (Lipinski definition) is 2. The first kappa shape index (κ1) is 21.0. The molecule has 9 nitrogen and oxygen atoms in total. The fourth-order valence-corrected chi connectivity index (χ4v) is 2.41. The molecular formula is C18H18ClN3O6. The summed E-state index contributed by atoms with van der Waals surface area (Å²) in [6.07, 6.45) is 0.814. The standard InChI is InChI=1S/C18H18ClN3O6/c1-3-8-28-15-7-4-11(9-16(15)27-2)17(23)20-21-18(24)13-6-5-12(19)10-14(13)22(25)26/h4-7,9-10H,3,8H2,1-2H3,(H,20,23)(H,21,24). The van der Waals surface area contributed by atoms with Crippen LogP contribution in [0.3, 0.4) is 0 Å². The molecule has 0 saturated heterocycles. The topological polar surface area (TPSA) is 120 Å². The maximum Gasteiger partial charge on any atom is 0.283 e. The highest BCUT2D eigenvalue weighted by Gasteiger charge is 2.21. The maximum absolute atomic E-state index is 12.3. The minimum Gasteiger partial charge on any atom is -0.493 e. The van der Waals surface area contributed by atoms with E-state index in [4.69, 9.17) is 21.1 Å². The van der Waals surface area contributed by atoms with Crippen LogP contribution in [0.2, 0.25) is 5.02 Å². The molecule has 0 aromatic heterocycles. The Morgan fingerprint density at radius 1 is 1.11 bits per heavy atom. The number of carbonyl (C=O) groups is 2. The summed E-state index contributed by atoms with van der Waals surface area (Å²) >= 11 is 5.72. The van der Waals surface area contributed by atoms with Gasteiger partial charge in [0.1, 0.15) is 5.56 Å². The summed E-state index contributed by atoms with van der Waals surface area (Å²) in [6, 6.07) is 8.13. The van der Waals surface area contributed by atoms with E-state index >= 15 is 0 Å². The lowest BCUT2D eigenvalue weighted by Gasteiger charge is -2.12. The van der Waals surface area contributed by atoms with Gasteiger partial charge in [0.15, 0.2) is 11.5 Å².